The molecule has 0 aromatic heterocycles. The smallest absolute Gasteiger partial charge is 0.328 e. The summed E-state index contributed by atoms with van der Waals surface area (Å²) in [6.07, 6.45) is 0.135. The van der Waals surface area contributed by atoms with E-state index in [2.05, 4.69) is 10.6 Å². The molecule has 1 atom stereocenters. The molecule has 0 radical (unpaired) electrons. The molecule has 0 heterocycles. The van der Waals surface area contributed by atoms with Crippen LogP contribution < -0.4 is 24.8 Å². The summed E-state index contributed by atoms with van der Waals surface area (Å²) >= 11 is 0. The van der Waals surface area contributed by atoms with Gasteiger partial charge in [0.1, 0.15) is 11.9 Å². The van der Waals surface area contributed by atoms with Crippen molar-refractivity contribution in [2.24, 2.45) is 0 Å². The average Bonchev–Trinajstić information content (AvgIpc) is 2.73. The molecule has 0 aliphatic rings. The summed E-state index contributed by atoms with van der Waals surface area (Å²) in [7, 11) is 5.60. The summed E-state index contributed by atoms with van der Waals surface area (Å²) in [6.45, 7) is 0. The lowest BCUT2D eigenvalue weighted by molar-refractivity contribution is -0.142. The maximum absolute atomic E-state index is 13.1. The van der Waals surface area contributed by atoms with Gasteiger partial charge in [0.2, 0.25) is 5.75 Å². The molecular formula is C20H23FN2O6. The summed E-state index contributed by atoms with van der Waals surface area (Å²) in [5.74, 6) is 0.0755. The van der Waals surface area contributed by atoms with Crippen LogP contribution in [0.4, 0.5) is 14.9 Å². The molecule has 9 heteroatoms. The van der Waals surface area contributed by atoms with Crippen molar-refractivity contribution in [1.29, 1.82) is 0 Å². The zero-order valence-electron chi connectivity index (χ0n) is 16.6. The number of urea groups is 1. The third-order valence-corrected chi connectivity index (χ3v) is 4.07. The highest BCUT2D eigenvalue weighted by Crippen LogP contribution is 2.39. The number of esters is 1. The van der Waals surface area contributed by atoms with E-state index >= 15 is 0 Å². The molecule has 2 aromatic rings. The van der Waals surface area contributed by atoms with E-state index in [-0.39, 0.29) is 6.42 Å². The lowest BCUT2D eigenvalue weighted by atomic mass is 10.1. The standard InChI is InChI=1S/C20H23FN2O6/c1-26-16-10-14(11-17(27-2)18(16)28-3)22-20(25)23-15(19(24)29-4)9-12-5-7-13(21)8-6-12/h5-8,10-11,15H,9H2,1-4H3,(H2,22,23,25). The number of halogens is 1. The van der Waals surface area contributed by atoms with E-state index in [1.807, 2.05) is 0 Å². The Kier molecular flexibility index (Phi) is 7.64. The van der Waals surface area contributed by atoms with Crippen LogP contribution in [0.15, 0.2) is 36.4 Å². The Morgan fingerprint density at radius 3 is 2.03 bits per heavy atom. The summed E-state index contributed by atoms with van der Waals surface area (Å²) < 4.78 is 33.6. The summed E-state index contributed by atoms with van der Waals surface area (Å²) in [5.41, 5.74) is 1.03. The second-order valence-corrected chi connectivity index (χ2v) is 5.92. The maximum Gasteiger partial charge on any atom is 0.328 e. The molecule has 0 saturated heterocycles. The van der Waals surface area contributed by atoms with Gasteiger partial charge >= 0.3 is 12.0 Å². The Bertz CT molecular complexity index is 832. The van der Waals surface area contributed by atoms with Crippen molar-refractivity contribution in [1.82, 2.24) is 5.32 Å². The Hall–Kier alpha value is -3.49. The van der Waals surface area contributed by atoms with Gasteiger partial charge < -0.3 is 29.6 Å². The molecule has 29 heavy (non-hydrogen) atoms. The van der Waals surface area contributed by atoms with E-state index in [4.69, 9.17) is 18.9 Å². The van der Waals surface area contributed by atoms with E-state index < -0.39 is 23.9 Å². The number of carbonyl (C=O) groups is 2. The first-order valence-corrected chi connectivity index (χ1v) is 8.61. The number of rotatable bonds is 8. The van der Waals surface area contributed by atoms with Crippen molar-refractivity contribution < 1.29 is 32.9 Å². The predicted octanol–water partition coefficient (Wildman–Crippen LogP) is 2.76. The Morgan fingerprint density at radius 1 is 0.966 bits per heavy atom. The van der Waals surface area contributed by atoms with Gasteiger partial charge in [-0.05, 0) is 17.7 Å². The molecule has 8 nitrogen and oxygen atoms in total. The second-order valence-electron chi connectivity index (χ2n) is 5.92. The number of anilines is 1. The summed E-state index contributed by atoms with van der Waals surface area (Å²) in [4.78, 5) is 24.5. The van der Waals surface area contributed by atoms with Crippen molar-refractivity contribution in [2.45, 2.75) is 12.5 Å². The van der Waals surface area contributed by atoms with Crippen molar-refractivity contribution in [3.05, 3.63) is 47.8 Å². The number of carbonyl (C=O) groups excluding carboxylic acids is 2. The molecule has 0 fully saturated rings. The molecule has 1 unspecified atom stereocenters. The Labute approximate surface area is 167 Å². The maximum atomic E-state index is 13.1. The summed E-state index contributed by atoms with van der Waals surface area (Å²) in [5, 5.41) is 5.17. The van der Waals surface area contributed by atoms with Crippen LogP contribution in [0, 0.1) is 5.82 Å². The number of methoxy groups -OCH3 is 4. The van der Waals surface area contributed by atoms with Gasteiger partial charge in [0.15, 0.2) is 11.5 Å². The highest BCUT2D eigenvalue weighted by molar-refractivity contribution is 5.93. The van der Waals surface area contributed by atoms with Crippen LogP contribution in [-0.4, -0.2) is 46.5 Å². The van der Waals surface area contributed by atoms with Gasteiger partial charge in [-0.25, -0.2) is 14.0 Å². The van der Waals surface area contributed by atoms with Crippen LogP contribution >= 0.6 is 0 Å². The second kappa shape index (κ2) is 10.2. The minimum absolute atomic E-state index is 0.135. The van der Waals surface area contributed by atoms with Crippen LogP contribution in [0.3, 0.4) is 0 Å². The van der Waals surface area contributed by atoms with Crippen LogP contribution in [0.2, 0.25) is 0 Å². The molecule has 0 aliphatic heterocycles. The van der Waals surface area contributed by atoms with E-state index in [0.717, 1.165) is 0 Å². The van der Waals surface area contributed by atoms with Crippen LogP contribution in [0.5, 0.6) is 17.2 Å². The molecule has 2 amide bonds. The van der Waals surface area contributed by atoms with Crippen LogP contribution in [0.25, 0.3) is 0 Å². The highest BCUT2D eigenvalue weighted by Gasteiger charge is 2.23. The molecule has 0 spiro atoms. The van der Waals surface area contributed by atoms with E-state index in [1.54, 1.807) is 12.1 Å². The SMILES string of the molecule is COC(=O)C(Cc1ccc(F)cc1)NC(=O)Nc1cc(OC)c(OC)c(OC)c1. The summed E-state index contributed by atoms with van der Waals surface area (Å²) in [6, 6.07) is 7.11. The predicted molar refractivity (Wildman–Crippen MR) is 104 cm³/mol. The van der Waals surface area contributed by atoms with E-state index in [1.165, 1.54) is 52.7 Å². The van der Waals surface area contributed by atoms with Crippen molar-refractivity contribution >= 4 is 17.7 Å². The van der Waals surface area contributed by atoms with Crippen LogP contribution in [0.1, 0.15) is 5.56 Å². The lowest BCUT2D eigenvalue weighted by Crippen LogP contribution is -2.45. The number of ether oxygens (including phenoxy) is 4. The fraction of sp³-hybridized carbons (Fsp3) is 0.300. The van der Waals surface area contributed by atoms with Crippen molar-refractivity contribution in [2.75, 3.05) is 33.8 Å². The fourth-order valence-electron chi connectivity index (χ4n) is 2.67. The number of benzene rings is 2. The van der Waals surface area contributed by atoms with Crippen LogP contribution in [-0.2, 0) is 16.0 Å². The molecular weight excluding hydrogens is 383 g/mol. The number of hydrogen-bond donors (Lipinski definition) is 2. The molecule has 2 N–H and O–H groups in total. The van der Waals surface area contributed by atoms with Gasteiger partial charge in [0, 0.05) is 18.6 Å². The van der Waals surface area contributed by atoms with E-state index in [0.29, 0.717) is 28.5 Å². The van der Waals surface area contributed by atoms with Gasteiger partial charge in [-0.3, -0.25) is 0 Å². The monoisotopic (exact) mass is 406 g/mol. The zero-order chi connectivity index (χ0) is 21.4. The molecule has 2 rings (SSSR count). The Morgan fingerprint density at radius 2 is 1.55 bits per heavy atom. The average molecular weight is 406 g/mol. The molecule has 2 aromatic carbocycles. The van der Waals surface area contributed by atoms with Gasteiger partial charge in [0.05, 0.1) is 34.1 Å². The first-order valence-electron chi connectivity index (χ1n) is 8.61. The minimum atomic E-state index is -0.965. The molecule has 0 bridgehead atoms. The largest absolute Gasteiger partial charge is 0.493 e. The quantitative estimate of drug-likeness (QED) is 0.655. The number of amides is 2. The minimum Gasteiger partial charge on any atom is -0.493 e. The third-order valence-electron chi connectivity index (χ3n) is 4.07. The van der Waals surface area contributed by atoms with Gasteiger partial charge in [-0.1, -0.05) is 12.1 Å². The number of nitrogens with one attached hydrogen (secondary N) is 2. The lowest BCUT2D eigenvalue weighted by Gasteiger charge is -2.18. The topological polar surface area (TPSA) is 95.1 Å². The molecule has 0 saturated carbocycles. The van der Waals surface area contributed by atoms with Crippen molar-refractivity contribution in [3.8, 4) is 17.2 Å². The van der Waals surface area contributed by atoms with Gasteiger partial charge in [-0.2, -0.15) is 0 Å². The van der Waals surface area contributed by atoms with Gasteiger partial charge in [-0.15, -0.1) is 0 Å². The van der Waals surface area contributed by atoms with E-state index in [9.17, 15) is 14.0 Å². The number of hydrogen-bond acceptors (Lipinski definition) is 6. The fourth-order valence-corrected chi connectivity index (χ4v) is 2.67. The first-order chi connectivity index (χ1) is 13.9. The van der Waals surface area contributed by atoms with Gasteiger partial charge in [0.25, 0.3) is 0 Å². The first kappa shape index (κ1) is 21.8. The normalized spacial score (nSPS) is 11.2. The Balaban J connectivity index is 2.15. The zero-order valence-corrected chi connectivity index (χ0v) is 16.6. The molecule has 0 aliphatic carbocycles. The third kappa shape index (κ3) is 5.74. The highest BCUT2D eigenvalue weighted by atomic mass is 19.1. The van der Waals surface area contributed by atoms with Crippen molar-refractivity contribution in [3.63, 3.8) is 0 Å². The molecule has 156 valence electrons.